The SMILES string of the molecule is CCOC(=O)C(CCc1cccs1)N[C@@H](C)C(=O)N1CCC[C@H]1C(=O)O. The first-order valence-corrected chi connectivity index (χ1v) is 9.80. The zero-order valence-corrected chi connectivity index (χ0v) is 16.0. The van der Waals surface area contributed by atoms with E-state index < -0.39 is 24.1 Å². The van der Waals surface area contributed by atoms with Crippen LogP contribution < -0.4 is 5.32 Å². The molecule has 0 bridgehead atoms. The lowest BCUT2D eigenvalue weighted by atomic mass is 10.1. The maximum Gasteiger partial charge on any atom is 0.326 e. The molecule has 144 valence electrons. The second-order valence-corrected chi connectivity index (χ2v) is 7.37. The predicted molar refractivity (Wildman–Crippen MR) is 98.0 cm³/mol. The van der Waals surface area contributed by atoms with Gasteiger partial charge < -0.3 is 14.7 Å². The molecule has 26 heavy (non-hydrogen) atoms. The highest BCUT2D eigenvalue weighted by Gasteiger charge is 2.36. The number of ether oxygens (including phenoxy) is 1. The average Bonchev–Trinajstić information content (AvgIpc) is 3.28. The summed E-state index contributed by atoms with van der Waals surface area (Å²) >= 11 is 1.62. The fourth-order valence-corrected chi connectivity index (χ4v) is 3.89. The molecular formula is C18H26N2O5S. The Morgan fingerprint density at radius 3 is 2.85 bits per heavy atom. The van der Waals surface area contributed by atoms with Gasteiger partial charge in [-0.3, -0.25) is 14.9 Å². The Morgan fingerprint density at radius 2 is 2.23 bits per heavy atom. The van der Waals surface area contributed by atoms with Crippen molar-refractivity contribution in [3.63, 3.8) is 0 Å². The molecule has 0 aromatic carbocycles. The number of carboxylic acid groups (broad SMARTS) is 1. The molecule has 0 saturated carbocycles. The third-order valence-corrected chi connectivity index (χ3v) is 5.41. The van der Waals surface area contributed by atoms with E-state index in [4.69, 9.17) is 4.74 Å². The topological polar surface area (TPSA) is 95.9 Å². The summed E-state index contributed by atoms with van der Waals surface area (Å²) in [5, 5.41) is 14.3. The van der Waals surface area contributed by atoms with Crippen molar-refractivity contribution in [3.05, 3.63) is 22.4 Å². The summed E-state index contributed by atoms with van der Waals surface area (Å²) < 4.78 is 5.12. The van der Waals surface area contributed by atoms with Crippen molar-refractivity contribution in [1.82, 2.24) is 10.2 Å². The number of hydrogen-bond acceptors (Lipinski definition) is 6. The quantitative estimate of drug-likeness (QED) is 0.631. The Kier molecular flexibility index (Phi) is 7.59. The van der Waals surface area contributed by atoms with E-state index in [1.165, 1.54) is 4.90 Å². The van der Waals surface area contributed by atoms with Gasteiger partial charge in [0.1, 0.15) is 12.1 Å². The molecule has 1 amide bonds. The summed E-state index contributed by atoms with van der Waals surface area (Å²) in [7, 11) is 0. The van der Waals surface area contributed by atoms with Crippen LogP contribution in [0.1, 0.15) is 38.0 Å². The van der Waals surface area contributed by atoms with Crippen LogP contribution in [0.2, 0.25) is 0 Å². The minimum Gasteiger partial charge on any atom is -0.480 e. The molecule has 8 heteroatoms. The van der Waals surface area contributed by atoms with Crippen LogP contribution in [-0.2, 0) is 25.5 Å². The van der Waals surface area contributed by atoms with Gasteiger partial charge in [0.15, 0.2) is 0 Å². The summed E-state index contributed by atoms with van der Waals surface area (Å²) in [5.74, 6) is -1.66. The molecule has 1 aromatic rings. The lowest BCUT2D eigenvalue weighted by Gasteiger charge is -2.27. The predicted octanol–water partition coefficient (Wildman–Crippen LogP) is 1.67. The van der Waals surface area contributed by atoms with E-state index in [1.807, 2.05) is 17.5 Å². The van der Waals surface area contributed by atoms with Crippen LogP contribution in [0.3, 0.4) is 0 Å². The monoisotopic (exact) mass is 382 g/mol. The van der Waals surface area contributed by atoms with E-state index in [2.05, 4.69) is 5.32 Å². The molecule has 0 radical (unpaired) electrons. The summed E-state index contributed by atoms with van der Waals surface area (Å²) in [6.45, 7) is 4.11. The summed E-state index contributed by atoms with van der Waals surface area (Å²) in [4.78, 5) is 38.8. The number of hydrogen-bond donors (Lipinski definition) is 2. The first-order valence-electron chi connectivity index (χ1n) is 8.92. The molecule has 2 heterocycles. The number of nitrogens with one attached hydrogen (secondary N) is 1. The molecule has 1 unspecified atom stereocenters. The maximum absolute atomic E-state index is 12.7. The largest absolute Gasteiger partial charge is 0.480 e. The Labute approximate surface area is 157 Å². The smallest absolute Gasteiger partial charge is 0.326 e. The molecule has 7 nitrogen and oxygen atoms in total. The highest BCUT2D eigenvalue weighted by molar-refractivity contribution is 7.09. The van der Waals surface area contributed by atoms with Crippen molar-refractivity contribution in [3.8, 4) is 0 Å². The van der Waals surface area contributed by atoms with Gasteiger partial charge in [-0.15, -0.1) is 11.3 Å². The van der Waals surface area contributed by atoms with Crippen molar-refractivity contribution < 1.29 is 24.2 Å². The number of esters is 1. The number of carboxylic acids is 1. The van der Waals surface area contributed by atoms with Crippen molar-refractivity contribution >= 4 is 29.2 Å². The zero-order chi connectivity index (χ0) is 19.1. The van der Waals surface area contributed by atoms with Gasteiger partial charge >= 0.3 is 11.9 Å². The highest BCUT2D eigenvalue weighted by atomic mass is 32.1. The zero-order valence-electron chi connectivity index (χ0n) is 15.1. The molecule has 3 atom stereocenters. The van der Waals surface area contributed by atoms with Crippen molar-refractivity contribution in [2.75, 3.05) is 13.2 Å². The second kappa shape index (κ2) is 9.68. The van der Waals surface area contributed by atoms with Crippen LogP contribution in [0.15, 0.2) is 17.5 Å². The number of aryl methyl sites for hydroxylation is 1. The van der Waals surface area contributed by atoms with Crippen molar-refractivity contribution in [2.24, 2.45) is 0 Å². The Morgan fingerprint density at radius 1 is 1.46 bits per heavy atom. The molecule has 2 rings (SSSR count). The highest BCUT2D eigenvalue weighted by Crippen LogP contribution is 2.19. The minimum absolute atomic E-state index is 0.269. The summed E-state index contributed by atoms with van der Waals surface area (Å²) in [6, 6.07) is 1.91. The van der Waals surface area contributed by atoms with Gasteiger partial charge in [-0.1, -0.05) is 6.07 Å². The van der Waals surface area contributed by atoms with Gasteiger partial charge in [0.25, 0.3) is 0 Å². The molecule has 1 aliphatic heterocycles. The lowest BCUT2D eigenvalue weighted by molar-refractivity contribution is -0.150. The Balaban J connectivity index is 1.99. The van der Waals surface area contributed by atoms with Gasteiger partial charge in [0.05, 0.1) is 12.6 Å². The first kappa shape index (κ1) is 20.4. The molecule has 1 saturated heterocycles. The number of rotatable bonds is 9. The van der Waals surface area contributed by atoms with Crippen LogP contribution in [-0.4, -0.2) is 59.1 Å². The fourth-order valence-electron chi connectivity index (χ4n) is 3.16. The second-order valence-electron chi connectivity index (χ2n) is 6.34. The number of carbonyl (C=O) groups is 3. The van der Waals surface area contributed by atoms with Gasteiger partial charge in [-0.2, -0.15) is 0 Å². The van der Waals surface area contributed by atoms with E-state index in [0.29, 0.717) is 32.2 Å². The van der Waals surface area contributed by atoms with Gasteiger partial charge in [-0.25, -0.2) is 4.79 Å². The molecule has 0 spiro atoms. The number of aliphatic carboxylic acids is 1. The van der Waals surface area contributed by atoms with Crippen LogP contribution in [0.4, 0.5) is 0 Å². The number of amides is 1. The lowest BCUT2D eigenvalue weighted by Crippen LogP contribution is -2.53. The van der Waals surface area contributed by atoms with Gasteiger partial charge in [-0.05, 0) is 51.0 Å². The number of nitrogens with zero attached hydrogens (tertiary/aromatic N) is 1. The average molecular weight is 382 g/mol. The third-order valence-electron chi connectivity index (χ3n) is 4.47. The molecule has 1 aliphatic rings. The van der Waals surface area contributed by atoms with Gasteiger partial charge in [0.2, 0.25) is 5.91 Å². The molecule has 2 N–H and O–H groups in total. The van der Waals surface area contributed by atoms with Crippen LogP contribution >= 0.6 is 11.3 Å². The summed E-state index contributed by atoms with van der Waals surface area (Å²) in [6.07, 6.45) is 2.36. The number of likely N-dealkylation sites (tertiary alicyclic amines) is 1. The van der Waals surface area contributed by atoms with E-state index in [0.717, 1.165) is 4.88 Å². The Hall–Kier alpha value is -1.93. The standard InChI is InChI=1S/C18H26N2O5S/c1-3-25-18(24)14(9-8-13-6-5-11-26-13)19-12(2)16(21)20-10-4-7-15(20)17(22)23/h5-6,11-12,14-15,19H,3-4,7-10H2,1-2H3,(H,22,23)/t12-,14?,15-/m0/s1. The summed E-state index contributed by atoms with van der Waals surface area (Å²) in [5.41, 5.74) is 0. The molecule has 1 fully saturated rings. The third kappa shape index (κ3) is 5.28. The minimum atomic E-state index is -0.984. The van der Waals surface area contributed by atoms with Crippen molar-refractivity contribution in [2.45, 2.75) is 57.7 Å². The van der Waals surface area contributed by atoms with E-state index in [1.54, 1.807) is 25.2 Å². The maximum atomic E-state index is 12.7. The first-order chi connectivity index (χ1) is 12.4. The van der Waals surface area contributed by atoms with E-state index in [9.17, 15) is 19.5 Å². The number of carbonyl (C=O) groups excluding carboxylic acids is 2. The fraction of sp³-hybridized carbons (Fsp3) is 0.611. The van der Waals surface area contributed by atoms with Crippen LogP contribution in [0, 0.1) is 0 Å². The molecule has 0 aliphatic carbocycles. The van der Waals surface area contributed by atoms with Crippen LogP contribution in [0.5, 0.6) is 0 Å². The molecular weight excluding hydrogens is 356 g/mol. The van der Waals surface area contributed by atoms with Crippen molar-refractivity contribution in [1.29, 1.82) is 0 Å². The number of thiophene rings is 1. The van der Waals surface area contributed by atoms with E-state index in [-0.39, 0.29) is 18.5 Å². The van der Waals surface area contributed by atoms with E-state index >= 15 is 0 Å². The molecule has 1 aromatic heterocycles. The van der Waals surface area contributed by atoms with Gasteiger partial charge in [0, 0.05) is 11.4 Å². The normalized spacial score (nSPS) is 19.2. The van der Waals surface area contributed by atoms with Crippen LogP contribution in [0.25, 0.3) is 0 Å². The Bertz CT molecular complexity index is 619.